The highest BCUT2D eigenvalue weighted by Crippen LogP contribution is 2.31. The van der Waals surface area contributed by atoms with Gasteiger partial charge in [-0.2, -0.15) is 0 Å². The van der Waals surface area contributed by atoms with E-state index in [2.05, 4.69) is 34.3 Å². The number of benzene rings is 1. The van der Waals surface area contributed by atoms with Crippen LogP contribution >= 0.6 is 23.2 Å². The number of hydrogen-bond donors (Lipinski definition) is 1. The standard InChI is InChI=1S/C17H18Cl2N4O/c1-23(2)7-4-6-20-17-16(15-5-3-8-24-15)21-13-9-11(18)12(19)10-14(13)22-17/h3,5,8-10H,4,6-7H2,1-2H3,(H,20,22). The molecule has 24 heavy (non-hydrogen) atoms. The van der Waals surface area contributed by atoms with Crippen molar-refractivity contribution in [2.75, 3.05) is 32.5 Å². The number of nitrogens with one attached hydrogen (secondary N) is 1. The van der Waals surface area contributed by atoms with Crippen LogP contribution in [0.3, 0.4) is 0 Å². The number of aromatic nitrogens is 2. The van der Waals surface area contributed by atoms with Gasteiger partial charge in [0.25, 0.3) is 0 Å². The predicted octanol–water partition coefficient (Wildman–Crippen LogP) is 4.56. The summed E-state index contributed by atoms with van der Waals surface area (Å²) in [7, 11) is 4.10. The Hall–Kier alpha value is -1.82. The van der Waals surface area contributed by atoms with Gasteiger partial charge in [-0.05, 0) is 51.3 Å². The molecule has 0 amide bonds. The Morgan fingerprint density at radius 1 is 1.12 bits per heavy atom. The SMILES string of the molecule is CN(C)CCCNc1nc2cc(Cl)c(Cl)cc2nc1-c1ccco1. The molecule has 1 aromatic carbocycles. The van der Waals surface area contributed by atoms with Crippen LogP contribution in [-0.4, -0.2) is 42.1 Å². The van der Waals surface area contributed by atoms with Crippen molar-refractivity contribution in [2.45, 2.75) is 6.42 Å². The van der Waals surface area contributed by atoms with Crippen LogP contribution in [0.1, 0.15) is 6.42 Å². The molecule has 5 nitrogen and oxygen atoms in total. The van der Waals surface area contributed by atoms with E-state index in [1.165, 1.54) is 0 Å². The highest BCUT2D eigenvalue weighted by atomic mass is 35.5. The number of anilines is 1. The monoisotopic (exact) mass is 364 g/mol. The fraction of sp³-hybridized carbons (Fsp3) is 0.294. The summed E-state index contributed by atoms with van der Waals surface area (Å²) in [5.41, 5.74) is 2.03. The van der Waals surface area contributed by atoms with Crippen molar-refractivity contribution in [3.05, 3.63) is 40.6 Å². The van der Waals surface area contributed by atoms with E-state index in [0.717, 1.165) is 19.5 Å². The fourth-order valence-electron chi connectivity index (χ4n) is 2.36. The summed E-state index contributed by atoms with van der Waals surface area (Å²) >= 11 is 12.2. The van der Waals surface area contributed by atoms with Crippen molar-refractivity contribution in [1.82, 2.24) is 14.9 Å². The zero-order chi connectivity index (χ0) is 17.1. The van der Waals surface area contributed by atoms with Gasteiger partial charge in [-0.15, -0.1) is 0 Å². The van der Waals surface area contributed by atoms with E-state index < -0.39 is 0 Å². The number of halogens is 2. The third-order valence-electron chi connectivity index (χ3n) is 3.54. The zero-order valence-electron chi connectivity index (χ0n) is 13.5. The molecule has 0 unspecified atom stereocenters. The van der Waals surface area contributed by atoms with Gasteiger partial charge in [-0.25, -0.2) is 9.97 Å². The maximum atomic E-state index is 6.10. The van der Waals surface area contributed by atoms with Crippen molar-refractivity contribution in [3.63, 3.8) is 0 Å². The second-order valence-corrected chi connectivity index (χ2v) is 6.55. The van der Waals surface area contributed by atoms with Crippen molar-refractivity contribution in [2.24, 2.45) is 0 Å². The molecular formula is C17H18Cl2N4O. The quantitative estimate of drug-likeness (QED) is 0.649. The van der Waals surface area contributed by atoms with Crippen LogP contribution in [0.2, 0.25) is 10.0 Å². The van der Waals surface area contributed by atoms with Gasteiger partial charge in [0.1, 0.15) is 5.69 Å². The van der Waals surface area contributed by atoms with E-state index >= 15 is 0 Å². The summed E-state index contributed by atoms with van der Waals surface area (Å²) in [6, 6.07) is 7.13. The molecule has 0 saturated heterocycles. The molecule has 2 heterocycles. The molecule has 3 rings (SSSR count). The lowest BCUT2D eigenvalue weighted by molar-refractivity contribution is 0.405. The second kappa shape index (κ2) is 7.38. The van der Waals surface area contributed by atoms with E-state index in [9.17, 15) is 0 Å². The maximum Gasteiger partial charge on any atom is 0.156 e. The first-order chi connectivity index (χ1) is 11.5. The van der Waals surface area contributed by atoms with Gasteiger partial charge in [0.15, 0.2) is 11.6 Å². The fourth-order valence-corrected chi connectivity index (χ4v) is 2.68. The van der Waals surface area contributed by atoms with Gasteiger partial charge < -0.3 is 14.6 Å². The van der Waals surface area contributed by atoms with Gasteiger partial charge >= 0.3 is 0 Å². The van der Waals surface area contributed by atoms with Crippen molar-refractivity contribution in [3.8, 4) is 11.5 Å². The lowest BCUT2D eigenvalue weighted by atomic mass is 10.2. The molecule has 0 aliphatic carbocycles. The average Bonchev–Trinajstić information content (AvgIpc) is 3.06. The largest absolute Gasteiger partial charge is 0.463 e. The molecule has 0 atom stereocenters. The number of hydrogen-bond acceptors (Lipinski definition) is 5. The van der Waals surface area contributed by atoms with E-state index in [0.29, 0.717) is 38.4 Å². The van der Waals surface area contributed by atoms with Crippen molar-refractivity contribution >= 4 is 40.1 Å². The molecule has 0 saturated carbocycles. The van der Waals surface area contributed by atoms with Crippen LogP contribution in [0.25, 0.3) is 22.5 Å². The Morgan fingerprint density at radius 3 is 2.46 bits per heavy atom. The molecular weight excluding hydrogens is 347 g/mol. The minimum Gasteiger partial charge on any atom is -0.463 e. The van der Waals surface area contributed by atoms with Gasteiger partial charge in [0.05, 0.1) is 27.3 Å². The first-order valence-electron chi connectivity index (χ1n) is 7.64. The maximum absolute atomic E-state index is 6.10. The summed E-state index contributed by atoms with van der Waals surface area (Å²) in [5, 5.41) is 4.26. The number of rotatable bonds is 6. The predicted molar refractivity (Wildman–Crippen MR) is 98.9 cm³/mol. The zero-order valence-corrected chi connectivity index (χ0v) is 15.0. The first-order valence-corrected chi connectivity index (χ1v) is 8.39. The van der Waals surface area contributed by atoms with Crippen molar-refractivity contribution < 1.29 is 4.42 Å². The summed E-state index contributed by atoms with van der Waals surface area (Å²) < 4.78 is 5.50. The average molecular weight is 365 g/mol. The minimum absolute atomic E-state index is 0.454. The molecule has 2 aromatic heterocycles. The molecule has 0 bridgehead atoms. The third-order valence-corrected chi connectivity index (χ3v) is 4.26. The Morgan fingerprint density at radius 2 is 1.83 bits per heavy atom. The van der Waals surface area contributed by atoms with Crippen LogP contribution in [0, 0.1) is 0 Å². The molecule has 1 N–H and O–H groups in total. The molecule has 0 fully saturated rings. The van der Waals surface area contributed by atoms with Crippen LogP contribution in [0.4, 0.5) is 5.82 Å². The normalized spacial score (nSPS) is 11.4. The van der Waals surface area contributed by atoms with E-state index in [4.69, 9.17) is 27.6 Å². The van der Waals surface area contributed by atoms with Crippen LogP contribution in [0.5, 0.6) is 0 Å². The lowest BCUT2D eigenvalue weighted by Crippen LogP contribution is -2.17. The lowest BCUT2D eigenvalue weighted by Gasteiger charge is -2.13. The summed E-state index contributed by atoms with van der Waals surface area (Å²) in [6.07, 6.45) is 2.61. The Labute approximate surface area is 150 Å². The molecule has 126 valence electrons. The van der Waals surface area contributed by atoms with Gasteiger partial charge in [0, 0.05) is 6.54 Å². The molecule has 0 aliphatic rings. The Bertz CT molecular complexity index is 834. The van der Waals surface area contributed by atoms with E-state index in [1.807, 2.05) is 12.1 Å². The van der Waals surface area contributed by atoms with Crippen LogP contribution < -0.4 is 5.32 Å². The molecule has 3 aromatic rings. The number of fused-ring (bicyclic) bond motifs is 1. The van der Waals surface area contributed by atoms with Crippen molar-refractivity contribution in [1.29, 1.82) is 0 Å². The second-order valence-electron chi connectivity index (χ2n) is 5.74. The molecule has 0 spiro atoms. The number of furan rings is 1. The summed E-state index contributed by atoms with van der Waals surface area (Å²) in [4.78, 5) is 11.5. The summed E-state index contributed by atoms with van der Waals surface area (Å²) in [5.74, 6) is 1.33. The molecule has 0 radical (unpaired) electrons. The van der Waals surface area contributed by atoms with Crippen LogP contribution in [-0.2, 0) is 0 Å². The third kappa shape index (κ3) is 3.80. The van der Waals surface area contributed by atoms with Gasteiger partial charge in [-0.1, -0.05) is 23.2 Å². The molecule has 0 aliphatic heterocycles. The topological polar surface area (TPSA) is 54.2 Å². The van der Waals surface area contributed by atoms with Gasteiger partial charge in [-0.3, -0.25) is 0 Å². The van der Waals surface area contributed by atoms with Gasteiger partial charge in [0.2, 0.25) is 0 Å². The Kier molecular flexibility index (Phi) is 5.23. The first kappa shape index (κ1) is 17.0. The number of nitrogens with zero attached hydrogens (tertiary/aromatic N) is 3. The molecule has 7 heteroatoms. The van der Waals surface area contributed by atoms with Crippen LogP contribution in [0.15, 0.2) is 34.9 Å². The highest BCUT2D eigenvalue weighted by molar-refractivity contribution is 6.42. The van der Waals surface area contributed by atoms with E-state index in [-0.39, 0.29) is 0 Å². The minimum atomic E-state index is 0.454. The van der Waals surface area contributed by atoms with E-state index in [1.54, 1.807) is 18.4 Å². The summed E-state index contributed by atoms with van der Waals surface area (Å²) in [6.45, 7) is 1.78. The highest BCUT2D eigenvalue weighted by Gasteiger charge is 2.14. The smallest absolute Gasteiger partial charge is 0.156 e. The Balaban J connectivity index is 1.97.